The molecule has 2 fully saturated rings. The molecular formula is C35H32F8N2O7S. The van der Waals surface area contributed by atoms with Crippen molar-refractivity contribution in [3.05, 3.63) is 101 Å². The van der Waals surface area contributed by atoms with E-state index < -0.39 is 96.7 Å². The van der Waals surface area contributed by atoms with Gasteiger partial charge in [0.1, 0.15) is 16.4 Å². The second-order valence-corrected chi connectivity index (χ2v) is 15.1. The molecule has 2 heterocycles. The standard InChI is InChI=1S/C35H32F8N2O7S/c1-21(46)44-16-13-22(14-17-44)30(47)45-18-15-32(20-45,53(50,51)26-11-9-25(36)10-12-26)23-5-7-24(8-6-23)33(34(38,39)40,35(41,42)43)52-19-28-27(31(48)49)3-2-4-29(28)37/h2-12,22H,13-20H2,1H3,(H,48,49)/t32-/m0/s1. The quantitative estimate of drug-likeness (QED) is 0.199. The number of amides is 2. The highest BCUT2D eigenvalue weighted by atomic mass is 32.2. The van der Waals surface area contributed by atoms with Gasteiger partial charge in [-0.05, 0) is 61.2 Å². The molecule has 0 spiro atoms. The third-order valence-corrected chi connectivity index (χ3v) is 12.4. The van der Waals surface area contributed by atoms with Crippen LogP contribution in [0, 0.1) is 17.6 Å². The van der Waals surface area contributed by atoms with Crippen LogP contribution in [0.4, 0.5) is 35.1 Å². The van der Waals surface area contributed by atoms with E-state index in [0.717, 1.165) is 48.5 Å². The predicted octanol–water partition coefficient (Wildman–Crippen LogP) is 6.36. The lowest BCUT2D eigenvalue weighted by Crippen LogP contribution is -2.56. The van der Waals surface area contributed by atoms with Gasteiger partial charge in [-0.2, -0.15) is 26.3 Å². The van der Waals surface area contributed by atoms with Gasteiger partial charge >= 0.3 is 18.3 Å². The largest absolute Gasteiger partial charge is 0.478 e. The number of carbonyl (C=O) groups is 3. The van der Waals surface area contributed by atoms with Crippen molar-refractivity contribution in [3.63, 3.8) is 0 Å². The number of benzene rings is 3. The van der Waals surface area contributed by atoms with E-state index in [1.54, 1.807) is 4.90 Å². The SMILES string of the molecule is CC(=O)N1CCC(C(=O)N2CC[C@](c3ccc(C(OCc4c(F)cccc4C(=O)O)(C(F)(F)F)C(F)(F)F)cc3)(S(=O)(=O)c3ccc(F)cc3)C2)CC1. The van der Waals surface area contributed by atoms with Crippen LogP contribution in [0.25, 0.3) is 0 Å². The van der Waals surface area contributed by atoms with Gasteiger partial charge in [0.05, 0.1) is 17.1 Å². The lowest BCUT2D eigenvalue weighted by atomic mass is 9.88. The van der Waals surface area contributed by atoms with Crippen molar-refractivity contribution in [1.29, 1.82) is 0 Å². The van der Waals surface area contributed by atoms with Crippen molar-refractivity contribution in [2.45, 2.75) is 60.4 Å². The molecule has 0 saturated carbocycles. The van der Waals surface area contributed by atoms with E-state index >= 15 is 0 Å². The summed E-state index contributed by atoms with van der Waals surface area (Å²) in [6.45, 7) is -0.571. The van der Waals surface area contributed by atoms with Gasteiger partial charge in [-0.25, -0.2) is 22.0 Å². The molecule has 2 aliphatic heterocycles. The first-order valence-electron chi connectivity index (χ1n) is 16.1. The summed E-state index contributed by atoms with van der Waals surface area (Å²) in [5, 5.41) is 9.36. The average Bonchev–Trinajstić information content (AvgIpc) is 3.55. The lowest BCUT2D eigenvalue weighted by Gasteiger charge is -2.38. The smallest absolute Gasteiger partial charge is 0.430 e. The Labute approximate surface area is 298 Å². The Morgan fingerprint density at radius 3 is 1.96 bits per heavy atom. The van der Waals surface area contributed by atoms with E-state index in [4.69, 9.17) is 0 Å². The highest BCUT2D eigenvalue weighted by Gasteiger charge is 2.73. The topological polar surface area (TPSA) is 121 Å². The molecule has 53 heavy (non-hydrogen) atoms. The minimum atomic E-state index is -6.27. The zero-order valence-corrected chi connectivity index (χ0v) is 28.6. The van der Waals surface area contributed by atoms with Gasteiger partial charge in [0.25, 0.3) is 5.60 Å². The van der Waals surface area contributed by atoms with Crippen LogP contribution in [0.15, 0.2) is 71.6 Å². The number of likely N-dealkylation sites (tertiary alicyclic amines) is 2. The zero-order chi connectivity index (χ0) is 39.1. The molecule has 3 aromatic carbocycles. The van der Waals surface area contributed by atoms with E-state index in [1.807, 2.05) is 0 Å². The van der Waals surface area contributed by atoms with Crippen molar-refractivity contribution < 1.29 is 67.8 Å². The maximum atomic E-state index is 14.7. The summed E-state index contributed by atoms with van der Waals surface area (Å²) in [7, 11) is -4.64. The Bertz CT molecular complexity index is 1960. The molecule has 2 amide bonds. The number of hydrogen-bond donors (Lipinski definition) is 1. The third kappa shape index (κ3) is 7.10. The summed E-state index contributed by atoms with van der Waals surface area (Å²) in [5.74, 6) is -5.29. The normalized spacial score (nSPS) is 19.0. The van der Waals surface area contributed by atoms with E-state index in [1.165, 1.54) is 11.8 Å². The average molecular weight is 777 g/mol. The molecule has 2 aliphatic rings. The predicted molar refractivity (Wildman–Crippen MR) is 170 cm³/mol. The van der Waals surface area contributed by atoms with Crippen LogP contribution < -0.4 is 0 Å². The van der Waals surface area contributed by atoms with Gasteiger partial charge in [0, 0.05) is 50.1 Å². The van der Waals surface area contributed by atoms with Crippen LogP contribution in [0.2, 0.25) is 0 Å². The number of carbonyl (C=O) groups excluding carboxylic acids is 2. The van der Waals surface area contributed by atoms with Crippen molar-refractivity contribution in [2.75, 3.05) is 26.2 Å². The van der Waals surface area contributed by atoms with Crippen molar-refractivity contribution in [3.8, 4) is 0 Å². The number of aromatic carboxylic acids is 1. The zero-order valence-electron chi connectivity index (χ0n) is 27.8. The van der Waals surface area contributed by atoms with Crippen LogP contribution in [0.3, 0.4) is 0 Å². The molecule has 3 aromatic rings. The van der Waals surface area contributed by atoms with Crippen LogP contribution >= 0.6 is 0 Å². The number of carboxylic acids is 1. The minimum Gasteiger partial charge on any atom is -0.478 e. The fourth-order valence-corrected chi connectivity index (χ4v) is 9.03. The molecule has 5 rings (SSSR count). The molecular weight excluding hydrogens is 744 g/mol. The Hall–Kier alpha value is -4.58. The van der Waals surface area contributed by atoms with Gasteiger partial charge in [0.2, 0.25) is 11.8 Å². The summed E-state index contributed by atoms with van der Waals surface area (Å²) >= 11 is 0. The van der Waals surface area contributed by atoms with Crippen molar-refractivity contribution in [2.24, 2.45) is 5.92 Å². The number of rotatable bonds is 9. The molecule has 2 saturated heterocycles. The third-order valence-electron chi connectivity index (χ3n) is 9.87. The molecule has 0 unspecified atom stereocenters. The van der Waals surface area contributed by atoms with Crippen LogP contribution in [0.5, 0.6) is 0 Å². The van der Waals surface area contributed by atoms with Gasteiger partial charge in [-0.15, -0.1) is 0 Å². The van der Waals surface area contributed by atoms with Gasteiger partial charge in [-0.3, -0.25) is 9.59 Å². The highest BCUT2D eigenvalue weighted by molar-refractivity contribution is 7.92. The van der Waals surface area contributed by atoms with Gasteiger partial charge in [0.15, 0.2) is 9.84 Å². The van der Waals surface area contributed by atoms with E-state index in [2.05, 4.69) is 4.74 Å². The van der Waals surface area contributed by atoms with Crippen molar-refractivity contribution >= 4 is 27.6 Å². The number of alkyl halides is 6. The summed E-state index contributed by atoms with van der Waals surface area (Å²) in [4.78, 5) is 39.3. The Balaban J connectivity index is 1.57. The number of halogens is 8. The second-order valence-electron chi connectivity index (χ2n) is 12.9. The van der Waals surface area contributed by atoms with E-state index in [0.29, 0.717) is 18.2 Å². The molecule has 0 radical (unpaired) electrons. The maximum absolute atomic E-state index is 14.7. The summed E-state index contributed by atoms with van der Waals surface area (Å²) < 4.78 is 147. The molecule has 1 N–H and O–H groups in total. The van der Waals surface area contributed by atoms with E-state index in [-0.39, 0.29) is 50.4 Å². The first-order valence-corrected chi connectivity index (χ1v) is 17.6. The number of carboxylic acid groups (broad SMARTS) is 1. The number of piperidine rings is 1. The fourth-order valence-electron chi connectivity index (χ4n) is 6.95. The first-order chi connectivity index (χ1) is 24.7. The number of sulfone groups is 1. The molecule has 18 heteroatoms. The molecule has 0 aliphatic carbocycles. The number of ether oxygens (including phenoxy) is 1. The number of hydrogen-bond acceptors (Lipinski definition) is 6. The van der Waals surface area contributed by atoms with Crippen molar-refractivity contribution in [1.82, 2.24) is 9.80 Å². The summed E-state index contributed by atoms with van der Waals surface area (Å²) in [6.07, 6.45) is -12.3. The highest BCUT2D eigenvalue weighted by Crippen LogP contribution is 2.54. The molecule has 286 valence electrons. The second kappa shape index (κ2) is 14.3. The van der Waals surface area contributed by atoms with Crippen LogP contribution in [-0.2, 0) is 41.1 Å². The van der Waals surface area contributed by atoms with Crippen LogP contribution in [0.1, 0.15) is 53.2 Å². The van der Waals surface area contributed by atoms with E-state index in [9.17, 15) is 63.0 Å². The fraction of sp³-hybridized carbons (Fsp3) is 0.400. The molecule has 9 nitrogen and oxygen atoms in total. The summed E-state index contributed by atoms with van der Waals surface area (Å²) in [6, 6.07) is 8.09. The molecule has 0 bridgehead atoms. The first kappa shape index (κ1) is 39.6. The monoisotopic (exact) mass is 776 g/mol. The van der Waals surface area contributed by atoms with Gasteiger partial charge in [-0.1, -0.05) is 30.3 Å². The summed E-state index contributed by atoms with van der Waals surface area (Å²) in [5.41, 5.74) is -9.02. The molecule has 0 aromatic heterocycles. The maximum Gasteiger partial charge on any atom is 0.430 e. The van der Waals surface area contributed by atoms with Crippen LogP contribution in [-0.4, -0.2) is 79.6 Å². The Morgan fingerprint density at radius 1 is 0.849 bits per heavy atom. The minimum absolute atomic E-state index is 0.166. The Kier molecular flexibility index (Phi) is 10.7. The lowest BCUT2D eigenvalue weighted by molar-refractivity contribution is -0.392. The number of nitrogens with zero attached hydrogens (tertiary/aromatic N) is 2. The molecule has 1 atom stereocenters. The van der Waals surface area contributed by atoms with Gasteiger partial charge < -0.3 is 19.6 Å². The Morgan fingerprint density at radius 2 is 1.43 bits per heavy atom.